The Morgan fingerprint density at radius 1 is 1.36 bits per heavy atom. The van der Waals surface area contributed by atoms with Gasteiger partial charge in [-0.2, -0.15) is 5.17 Å². The number of halogens is 1. The smallest absolute Gasteiger partial charge is 0.0849 e. The summed E-state index contributed by atoms with van der Waals surface area (Å²) < 4.78 is 11.9. The number of hydrogen-bond acceptors (Lipinski definition) is 3. The first kappa shape index (κ1) is 7.97. The van der Waals surface area contributed by atoms with E-state index in [1.807, 2.05) is 6.07 Å². The molecule has 3 nitrogen and oxygen atoms in total. The number of hydrogen-bond donors (Lipinski definition) is 1. The second-order valence-corrected chi connectivity index (χ2v) is 1.90. The fourth-order valence-corrected chi connectivity index (χ4v) is 0.752. The predicted octanol–water partition coefficient (Wildman–Crippen LogP) is 1.44. The summed E-state index contributed by atoms with van der Waals surface area (Å²) in [5.74, 6) is 0. The molecule has 0 radical (unpaired) electrons. The van der Waals surface area contributed by atoms with E-state index in [4.69, 9.17) is 0 Å². The summed E-state index contributed by atoms with van der Waals surface area (Å²) in [7, 11) is 1.37. The van der Waals surface area contributed by atoms with Gasteiger partial charge in [-0.1, -0.05) is 18.2 Å². The molecule has 0 aliphatic carbocycles. The average Bonchev–Trinajstić information content (AvgIpc) is 2.09. The number of hydrazine groups is 1. The van der Waals surface area contributed by atoms with Gasteiger partial charge in [-0.25, -0.2) is 0 Å². The molecule has 0 aliphatic rings. The van der Waals surface area contributed by atoms with Gasteiger partial charge in [0.2, 0.25) is 0 Å². The molecule has 11 heavy (non-hydrogen) atoms. The molecule has 1 rings (SSSR count). The molecule has 0 fully saturated rings. The standard InChI is InChI=1S/C7H9FN2O/c1-11-10(9-8)7-5-3-2-4-6-7/h2-6,9H,1H3. The third-order valence-electron chi connectivity index (χ3n) is 1.25. The Bertz CT molecular complexity index is 201. The minimum absolute atomic E-state index is 0.609. The van der Waals surface area contributed by atoms with Gasteiger partial charge in [0.05, 0.1) is 12.8 Å². The Morgan fingerprint density at radius 2 is 2.00 bits per heavy atom. The monoisotopic (exact) mass is 156 g/mol. The predicted molar refractivity (Wildman–Crippen MR) is 40.2 cm³/mol. The summed E-state index contributed by atoms with van der Waals surface area (Å²) in [5.41, 5.74) is 1.99. The van der Waals surface area contributed by atoms with Gasteiger partial charge in [0.15, 0.2) is 0 Å². The van der Waals surface area contributed by atoms with Crippen molar-refractivity contribution >= 4 is 5.69 Å². The van der Waals surface area contributed by atoms with Crippen molar-refractivity contribution < 1.29 is 9.32 Å². The lowest BCUT2D eigenvalue weighted by Crippen LogP contribution is -2.30. The number of nitrogens with zero attached hydrogens (tertiary/aromatic N) is 1. The molecular weight excluding hydrogens is 147 g/mol. The molecule has 1 aromatic carbocycles. The van der Waals surface area contributed by atoms with Crippen molar-refractivity contribution in [3.63, 3.8) is 0 Å². The van der Waals surface area contributed by atoms with E-state index in [0.29, 0.717) is 5.69 Å². The molecule has 1 aromatic rings. The van der Waals surface area contributed by atoms with Crippen molar-refractivity contribution in [2.24, 2.45) is 0 Å². The van der Waals surface area contributed by atoms with Crippen LogP contribution in [0, 0.1) is 0 Å². The summed E-state index contributed by atoms with van der Waals surface area (Å²) in [6.07, 6.45) is 0. The van der Waals surface area contributed by atoms with Gasteiger partial charge in [-0.15, -0.1) is 4.48 Å². The maximum absolute atomic E-state index is 11.9. The number of para-hydroxylation sites is 1. The first-order valence-corrected chi connectivity index (χ1v) is 3.14. The first-order chi connectivity index (χ1) is 5.38. The lowest BCUT2D eigenvalue weighted by molar-refractivity contribution is 0.0769. The van der Waals surface area contributed by atoms with Gasteiger partial charge in [0.25, 0.3) is 0 Å². The maximum Gasteiger partial charge on any atom is 0.0849 e. The lowest BCUT2D eigenvalue weighted by Gasteiger charge is -2.16. The largest absolute Gasteiger partial charge is 0.259 e. The van der Waals surface area contributed by atoms with Crippen molar-refractivity contribution in [3.8, 4) is 0 Å². The average molecular weight is 156 g/mol. The second kappa shape index (κ2) is 3.90. The highest BCUT2D eigenvalue weighted by molar-refractivity contribution is 5.41. The van der Waals surface area contributed by atoms with E-state index < -0.39 is 0 Å². The summed E-state index contributed by atoms with van der Waals surface area (Å²) in [6.45, 7) is 0. The molecule has 4 heteroatoms. The van der Waals surface area contributed by atoms with Gasteiger partial charge in [-0.05, 0) is 17.8 Å². The summed E-state index contributed by atoms with van der Waals surface area (Å²) in [5, 5.41) is 0.917. The van der Waals surface area contributed by atoms with E-state index >= 15 is 0 Å². The van der Waals surface area contributed by atoms with Crippen LogP contribution in [-0.2, 0) is 4.84 Å². The van der Waals surface area contributed by atoms with Crippen LogP contribution >= 0.6 is 0 Å². The van der Waals surface area contributed by atoms with E-state index in [2.05, 4.69) is 4.84 Å². The zero-order valence-electron chi connectivity index (χ0n) is 6.12. The van der Waals surface area contributed by atoms with Gasteiger partial charge in [0.1, 0.15) is 0 Å². The van der Waals surface area contributed by atoms with E-state index in [1.165, 1.54) is 12.8 Å². The molecule has 0 saturated carbocycles. The molecule has 0 spiro atoms. The third kappa shape index (κ3) is 1.89. The van der Waals surface area contributed by atoms with Crippen LogP contribution in [0.15, 0.2) is 30.3 Å². The SMILES string of the molecule is CON(NF)c1ccccc1. The van der Waals surface area contributed by atoms with E-state index in [0.717, 1.165) is 5.17 Å². The number of rotatable bonds is 3. The topological polar surface area (TPSA) is 24.5 Å². The quantitative estimate of drug-likeness (QED) is 0.529. The lowest BCUT2D eigenvalue weighted by atomic mass is 10.3. The maximum atomic E-state index is 11.9. The van der Waals surface area contributed by atoms with Gasteiger partial charge in [-0.3, -0.25) is 4.84 Å². The molecule has 0 unspecified atom stereocenters. The van der Waals surface area contributed by atoms with E-state index in [-0.39, 0.29) is 0 Å². The summed E-state index contributed by atoms with van der Waals surface area (Å²) in [6, 6.07) is 8.86. The zero-order valence-corrected chi connectivity index (χ0v) is 6.12. The second-order valence-electron chi connectivity index (χ2n) is 1.90. The van der Waals surface area contributed by atoms with Crippen molar-refractivity contribution in [2.75, 3.05) is 12.3 Å². The Hall–Kier alpha value is -1.13. The van der Waals surface area contributed by atoms with E-state index in [9.17, 15) is 4.48 Å². The summed E-state index contributed by atoms with van der Waals surface area (Å²) in [4.78, 5) is 4.63. The molecule has 1 N–H and O–H groups in total. The molecule has 0 atom stereocenters. The van der Waals surface area contributed by atoms with Gasteiger partial charge < -0.3 is 0 Å². The molecule has 60 valence electrons. The van der Waals surface area contributed by atoms with Crippen molar-refractivity contribution in [2.45, 2.75) is 0 Å². The van der Waals surface area contributed by atoms with Crippen molar-refractivity contribution in [1.82, 2.24) is 5.65 Å². The fourth-order valence-electron chi connectivity index (χ4n) is 0.752. The first-order valence-electron chi connectivity index (χ1n) is 3.14. The highest BCUT2D eigenvalue weighted by Gasteiger charge is 2.00. The fraction of sp³-hybridized carbons (Fsp3) is 0.143. The molecule has 0 amide bonds. The third-order valence-corrected chi connectivity index (χ3v) is 1.25. The zero-order chi connectivity index (χ0) is 8.10. The molecular formula is C7H9FN2O. The highest BCUT2D eigenvalue weighted by atomic mass is 19.2. The van der Waals surface area contributed by atoms with Crippen molar-refractivity contribution in [1.29, 1.82) is 0 Å². The molecule has 0 bridgehead atoms. The number of nitrogens with one attached hydrogen (secondary N) is 1. The molecule has 0 saturated heterocycles. The van der Waals surface area contributed by atoms with E-state index in [1.54, 1.807) is 24.3 Å². The van der Waals surface area contributed by atoms with Crippen LogP contribution in [-0.4, -0.2) is 7.11 Å². The highest BCUT2D eigenvalue weighted by Crippen LogP contribution is 2.09. The Balaban J connectivity index is 2.74. The van der Waals surface area contributed by atoms with Crippen LogP contribution in [0.3, 0.4) is 0 Å². The molecule has 0 aromatic heterocycles. The van der Waals surface area contributed by atoms with Gasteiger partial charge in [0, 0.05) is 0 Å². The number of anilines is 1. The van der Waals surface area contributed by atoms with Crippen molar-refractivity contribution in [3.05, 3.63) is 30.3 Å². The Morgan fingerprint density at radius 3 is 2.45 bits per heavy atom. The Kier molecular flexibility index (Phi) is 2.83. The normalized spacial score (nSPS) is 9.64. The van der Waals surface area contributed by atoms with Crippen LogP contribution in [0.4, 0.5) is 10.2 Å². The minimum Gasteiger partial charge on any atom is -0.259 e. The molecule has 0 heterocycles. The summed E-state index contributed by atoms with van der Waals surface area (Å²) >= 11 is 0. The number of benzene rings is 1. The van der Waals surface area contributed by atoms with Crippen LogP contribution in [0.5, 0.6) is 0 Å². The Labute approximate surface area is 64.2 Å². The molecule has 0 aliphatic heterocycles. The van der Waals surface area contributed by atoms with Crippen LogP contribution in [0.1, 0.15) is 0 Å². The minimum atomic E-state index is 0.609. The van der Waals surface area contributed by atoms with Crippen LogP contribution < -0.4 is 10.8 Å². The van der Waals surface area contributed by atoms with Crippen LogP contribution in [0.2, 0.25) is 0 Å². The van der Waals surface area contributed by atoms with Gasteiger partial charge >= 0.3 is 0 Å². The van der Waals surface area contributed by atoms with Crippen LogP contribution in [0.25, 0.3) is 0 Å².